The molecule has 1 aromatic carbocycles. The second-order valence-electron chi connectivity index (χ2n) is 8.22. The number of nitrogens with one attached hydrogen (secondary N) is 1. The van der Waals surface area contributed by atoms with Crippen LogP contribution in [0.2, 0.25) is 0 Å². The molecule has 1 saturated heterocycles. The SMILES string of the molecule is O=C(Cc1coc2cc3c(cc12)CCC3)NCc1cccnc1N1CCCCC1. The molecule has 1 aliphatic heterocycles. The van der Waals surface area contributed by atoms with E-state index in [9.17, 15) is 4.79 Å². The number of rotatable bonds is 5. The zero-order valence-corrected chi connectivity index (χ0v) is 16.7. The number of aryl methyl sites for hydroxylation is 2. The molecule has 5 nitrogen and oxygen atoms in total. The number of amides is 1. The third-order valence-electron chi connectivity index (χ3n) is 6.22. The Morgan fingerprint density at radius 2 is 1.90 bits per heavy atom. The van der Waals surface area contributed by atoms with Crippen LogP contribution in [0, 0.1) is 0 Å². The first-order valence-electron chi connectivity index (χ1n) is 10.8. The van der Waals surface area contributed by atoms with Gasteiger partial charge in [0.25, 0.3) is 0 Å². The fraction of sp³-hybridized carbons (Fsp3) is 0.417. The molecule has 0 radical (unpaired) electrons. The number of carbonyl (C=O) groups excluding carboxylic acids is 1. The summed E-state index contributed by atoms with van der Waals surface area (Å²) in [6.07, 6.45) is 11.1. The van der Waals surface area contributed by atoms with Crippen LogP contribution in [0.1, 0.15) is 47.9 Å². The molecule has 0 bridgehead atoms. The average molecular weight is 389 g/mol. The summed E-state index contributed by atoms with van der Waals surface area (Å²) >= 11 is 0. The molecule has 1 fully saturated rings. The van der Waals surface area contributed by atoms with Gasteiger partial charge in [-0.3, -0.25) is 4.79 Å². The summed E-state index contributed by atoms with van der Waals surface area (Å²) in [6.45, 7) is 2.59. The first kappa shape index (κ1) is 18.2. The number of furan rings is 1. The molecule has 0 unspecified atom stereocenters. The summed E-state index contributed by atoms with van der Waals surface area (Å²) in [5, 5.41) is 4.17. The van der Waals surface area contributed by atoms with E-state index in [1.807, 2.05) is 12.3 Å². The van der Waals surface area contributed by atoms with Gasteiger partial charge in [0.1, 0.15) is 11.4 Å². The Balaban J connectivity index is 1.27. The van der Waals surface area contributed by atoms with E-state index in [2.05, 4.69) is 33.4 Å². The maximum atomic E-state index is 12.7. The third-order valence-corrected chi connectivity index (χ3v) is 6.22. The number of hydrogen-bond acceptors (Lipinski definition) is 4. The number of aromatic nitrogens is 1. The van der Waals surface area contributed by atoms with Gasteiger partial charge in [-0.15, -0.1) is 0 Å². The number of pyridine rings is 1. The van der Waals surface area contributed by atoms with Crippen molar-refractivity contribution in [1.29, 1.82) is 0 Å². The van der Waals surface area contributed by atoms with E-state index in [1.54, 1.807) is 6.26 Å². The fourth-order valence-electron chi connectivity index (χ4n) is 4.67. The van der Waals surface area contributed by atoms with E-state index >= 15 is 0 Å². The molecule has 1 aliphatic carbocycles. The number of fused-ring (bicyclic) bond motifs is 2. The van der Waals surface area contributed by atoms with Gasteiger partial charge in [0.2, 0.25) is 5.91 Å². The molecule has 1 N–H and O–H groups in total. The summed E-state index contributed by atoms with van der Waals surface area (Å²) in [7, 11) is 0. The Bertz CT molecular complexity index is 1030. The summed E-state index contributed by atoms with van der Waals surface area (Å²) in [5.41, 5.74) is 5.74. The topological polar surface area (TPSA) is 58.4 Å². The number of carbonyl (C=O) groups is 1. The lowest BCUT2D eigenvalue weighted by Gasteiger charge is -2.29. The standard InChI is InChI=1S/C24H27N3O2/c28-23(14-20-16-29-22-13-18-7-4-6-17(18)12-21(20)22)26-15-19-8-5-9-25-24(19)27-10-2-1-3-11-27/h5,8-9,12-13,16H,1-4,6-7,10-11,14-15H2,(H,26,28). The number of anilines is 1. The zero-order valence-electron chi connectivity index (χ0n) is 16.7. The van der Waals surface area contributed by atoms with Crippen molar-refractivity contribution in [2.45, 2.75) is 51.5 Å². The quantitative estimate of drug-likeness (QED) is 0.712. The van der Waals surface area contributed by atoms with Gasteiger partial charge in [0.05, 0.1) is 12.7 Å². The molecule has 2 aliphatic rings. The van der Waals surface area contributed by atoms with Crippen molar-refractivity contribution in [2.75, 3.05) is 18.0 Å². The van der Waals surface area contributed by atoms with Crippen LogP contribution >= 0.6 is 0 Å². The van der Waals surface area contributed by atoms with Crippen LogP contribution in [0.3, 0.4) is 0 Å². The lowest BCUT2D eigenvalue weighted by molar-refractivity contribution is -0.120. The Morgan fingerprint density at radius 1 is 1.07 bits per heavy atom. The van der Waals surface area contributed by atoms with Crippen LogP contribution in [0.15, 0.2) is 41.1 Å². The van der Waals surface area contributed by atoms with Crippen molar-refractivity contribution in [3.63, 3.8) is 0 Å². The summed E-state index contributed by atoms with van der Waals surface area (Å²) < 4.78 is 5.74. The summed E-state index contributed by atoms with van der Waals surface area (Å²) in [5.74, 6) is 1.03. The van der Waals surface area contributed by atoms with E-state index in [4.69, 9.17) is 4.42 Å². The predicted molar refractivity (Wildman–Crippen MR) is 114 cm³/mol. The highest BCUT2D eigenvalue weighted by Gasteiger charge is 2.18. The van der Waals surface area contributed by atoms with Crippen molar-refractivity contribution in [2.24, 2.45) is 0 Å². The van der Waals surface area contributed by atoms with Gasteiger partial charge in [-0.05, 0) is 67.9 Å². The molecule has 5 heteroatoms. The molecular formula is C24H27N3O2. The van der Waals surface area contributed by atoms with Gasteiger partial charge in [0.15, 0.2) is 0 Å². The molecule has 0 saturated carbocycles. The maximum absolute atomic E-state index is 12.7. The van der Waals surface area contributed by atoms with Crippen LogP contribution in [0.25, 0.3) is 11.0 Å². The lowest BCUT2D eigenvalue weighted by Crippen LogP contribution is -2.32. The van der Waals surface area contributed by atoms with Crippen molar-refractivity contribution < 1.29 is 9.21 Å². The molecule has 5 rings (SSSR count). The predicted octanol–water partition coefficient (Wildman–Crippen LogP) is 4.17. The van der Waals surface area contributed by atoms with Crippen LogP contribution in [-0.2, 0) is 30.6 Å². The fourth-order valence-corrected chi connectivity index (χ4v) is 4.67. The molecule has 3 heterocycles. The monoisotopic (exact) mass is 389 g/mol. The Hall–Kier alpha value is -2.82. The number of nitrogens with zero attached hydrogens (tertiary/aromatic N) is 2. The second-order valence-corrected chi connectivity index (χ2v) is 8.22. The second kappa shape index (κ2) is 7.90. The van der Waals surface area contributed by atoms with Crippen molar-refractivity contribution in [3.05, 3.63) is 59.0 Å². The normalized spacial score (nSPS) is 16.2. The largest absolute Gasteiger partial charge is 0.464 e. The van der Waals surface area contributed by atoms with Crippen molar-refractivity contribution in [1.82, 2.24) is 10.3 Å². The lowest BCUT2D eigenvalue weighted by atomic mass is 10.0. The van der Waals surface area contributed by atoms with Gasteiger partial charge in [0, 0.05) is 42.3 Å². The van der Waals surface area contributed by atoms with Crippen molar-refractivity contribution in [3.8, 4) is 0 Å². The number of piperidine rings is 1. The Morgan fingerprint density at radius 3 is 2.76 bits per heavy atom. The van der Waals surface area contributed by atoms with Gasteiger partial charge < -0.3 is 14.6 Å². The summed E-state index contributed by atoms with van der Waals surface area (Å²) in [6, 6.07) is 8.38. The summed E-state index contributed by atoms with van der Waals surface area (Å²) in [4.78, 5) is 19.6. The minimum atomic E-state index is 0.0154. The molecule has 0 atom stereocenters. The molecular weight excluding hydrogens is 362 g/mol. The maximum Gasteiger partial charge on any atom is 0.224 e. The van der Waals surface area contributed by atoms with Crippen LogP contribution < -0.4 is 10.2 Å². The Kier molecular flexibility index (Phi) is 4.96. The molecule has 0 spiro atoms. The van der Waals surface area contributed by atoms with E-state index in [0.717, 1.165) is 53.8 Å². The molecule has 2 aromatic heterocycles. The minimum Gasteiger partial charge on any atom is -0.464 e. The van der Waals surface area contributed by atoms with Crippen LogP contribution in [-0.4, -0.2) is 24.0 Å². The highest BCUT2D eigenvalue weighted by Crippen LogP contribution is 2.30. The van der Waals surface area contributed by atoms with Crippen LogP contribution in [0.4, 0.5) is 5.82 Å². The van der Waals surface area contributed by atoms with Crippen molar-refractivity contribution >= 4 is 22.7 Å². The van der Waals surface area contributed by atoms with E-state index in [-0.39, 0.29) is 5.91 Å². The highest BCUT2D eigenvalue weighted by atomic mass is 16.3. The molecule has 3 aromatic rings. The Labute approximate surface area is 171 Å². The van der Waals surface area contributed by atoms with Gasteiger partial charge in [-0.1, -0.05) is 6.07 Å². The minimum absolute atomic E-state index is 0.0154. The van der Waals surface area contributed by atoms with E-state index in [1.165, 1.54) is 36.8 Å². The zero-order chi connectivity index (χ0) is 19.6. The van der Waals surface area contributed by atoms with Gasteiger partial charge in [-0.2, -0.15) is 0 Å². The van der Waals surface area contributed by atoms with Crippen LogP contribution in [0.5, 0.6) is 0 Å². The average Bonchev–Trinajstić information content (AvgIpc) is 3.38. The third kappa shape index (κ3) is 3.74. The number of benzene rings is 1. The first-order chi connectivity index (χ1) is 14.3. The molecule has 29 heavy (non-hydrogen) atoms. The molecule has 1 amide bonds. The van der Waals surface area contributed by atoms with E-state index < -0.39 is 0 Å². The smallest absolute Gasteiger partial charge is 0.224 e. The first-order valence-corrected chi connectivity index (χ1v) is 10.8. The molecule has 150 valence electrons. The van der Waals surface area contributed by atoms with E-state index in [0.29, 0.717) is 13.0 Å². The number of hydrogen-bond donors (Lipinski definition) is 1. The van der Waals surface area contributed by atoms with Gasteiger partial charge in [-0.25, -0.2) is 4.98 Å². The highest BCUT2D eigenvalue weighted by molar-refractivity contribution is 5.88. The van der Waals surface area contributed by atoms with Gasteiger partial charge >= 0.3 is 0 Å².